The Kier molecular flexibility index (Phi) is 4.87. The molecule has 0 aliphatic heterocycles. The Morgan fingerprint density at radius 3 is 2.29 bits per heavy atom. The van der Waals surface area contributed by atoms with E-state index in [-0.39, 0.29) is 0 Å². The second kappa shape index (κ2) is 6.19. The summed E-state index contributed by atoms with van der Waals surface area (Å²) in [5, 5.41) is 14.1. The summed E-state index contributed by atoms with van der Waals surface area (Å²) in [7, 11) is 0. The van der Waals surface area contributed by atoms with E-state index in [1.54, 1.807) is 0 Å². The highest BCUT2D eigenvalue weighted by Gasteiger charge is 2.30. The lowest BCUT2D eigenvalue weighted by molar-refractivity contribution is 0.00101. The Bertz CT molecular complexity index is 217. The van der Waals surface area contributed by atoms with Gasteiger partial charge in [-0.3, -0.25) is 0 Å². The van der Waals surface area contributed by atoms with Crippen LogP contribution in [0.1, 0.15) is 71.1 Å². The second-order valence-corrected chi connectivity index (χ2v) is 6.35. The molecular formula is C15H29NO. The van der Waals surface area contributed by atoms with E-state index < -0.39 is 5.60 Å². The van der Waals surface area contributed by atoms with Gasteiger partial charge in [0.2, 0.25) is 0 Å². The van der Waals surface area contributed by atoms with Gasteiger partial charge in [-0.1, -0.05) is 38.5 Å². The number of nitrogens with one attached hydrogen (secondary N) is 1. The molecule has 2 aliphatic rings. The van der Waals surface area contributed by atoms with Gasteiger partial charge in [0.1, 0.15) is 0 Å². The summed E-state index contributed by atoms with van der Waals surface area (Å²) in [6, 6.07) is 0.584. The van der Waals surface area contributed by atoms with Gasteiger partial charge in [0.05, 0.1) is 5.60 Å². The summed E-state index contributed by atoms with van der Waals surface area (Å²) in [4.78, 5) is 0. The van der Waals surface area contributed by atoms with Crippen LogP contribution in [-0.2, 0) is 0 Å². The number of hydrogen-bond donors (Lipinski definition) is 2. The summed E-state index contributed by atoms with van der Waals surface area (Å²) in [6.07, 6.45) is 12.7. The third kappa shape index (κ3) is 3.96. The molecule has 1 unspecified atom stereocenters. The highest BCUT2D eigenvalue weighted by atomic mass is 16.3. The molecule has 0 bridgehead atoms. The minimum atomic E-state index is -0.402. The van der Waals surface area contributed by atoms with Crippen LogP contribution in [0.2, 0.25) is 0 Å². The topological polar surface area (TPSA) is 32.3 Å². The van der Waals surface area contributed by atoms with Crippen molar-refractivity contribution in [2.75, 3.05) is 6.54 Å². The third-order valence-corrected chi connectivity index (χ3v) is 4.89. The van der Waals surface area contributed by atoms with E-state index in [1.165, 1.54) is 51.4 Å². The fraction of sp³-hybridized carbons (Fsp3) is 1.00. The van der Waals surface area contributed by atoms with Crippen LogP contribution in [0.3, 0.4) is 0 Å². The van der Waals surface area contributed by atoms with Crippen LogP contribution in [0.25, 0.3) is 0 Å². The minimum Gasteiger partial charge on any atom is -0.389 e. The molecule has 0 spiro atoms. The maximum atomic E-state index is 10.5. The van der Waals surface area contributed by atoms with Gasteiger partial charge in [0.15, 0.2) is 0 Å². The molecule has 2 heteroatoms. The summed E-state index contributed by atoms with van der Waals surface area (Å²) < 4.78 is 0. The van der Waals surface area contributed by atoms with E-state index in [2.05, 4.69) is 12.2 Å². The Hall–Kier alpha value is -0.0800. The third-order valence-electron chi connectivity index (χ3n) is 4.89. The predicted octanol–water partition coefficient (Wildman–Crippen LogP) is 3.24. The molecule has 0 heterocycles. The van der Waals surface area contributed by atoms with Crippen LogP contribution < -0.4 is 5.32 Å². The van der Waals surface area contributed by atoms with Crippen LogP contribution in [0.4, 0.5) is 0 Å². The largest absolute Gasteiger partial charge is 0.389 e. The Labute approximate surface area is 106 Å². The molecular weight excluding hydrogens is 210 g/mol. The van der Waals surface area contributed by atoms with Gasteiger partial charge in [0, 0.05) is 12.6 Å². The molecule has 0 aromatic heterocycles. The standard InChI is InChI=1S/C15H29NO/c1-13(14-8-4-2-5-9-14)16-12-15(17)10-6-3-7-11-15/h13-14,16-17H,2-12H2,1H3. The fourth-order valence-electron chi connectivity index (χ4n) is 3.54. The lowest BCUT2D eigenvalue weighted by atomic mass is 9.82. The molecule has 0 radical (unpaired) electrons. The van der Waals surface area contributed by atoms with E-state index in [0.29, 0.717) is 6.04 Å². The van der Waals surface area contributed by atoms with E-state index in [9.17, 15) is 5.11 Å². The van der Waals surface area contributed by atoms with Crippen molar-refractivity contribution < 1.29 is 5.11 Å². The highest BCUT2D eigenvalue weighted by molar-refractivity contribution is 4.86. The van der Waals surface area contributed by atoms with Crippen molar-refractivity contribution in [3.05, 3.63) is 0 Å². The van der Waals surface area contributed by atoms with Crippen LogP contribution in [0, 0.1) is 5.92 Å². The first-order valence-corrected chi connectivity index (χ1v) is 7.65. The lowest BCUT2D eigenvalue weighted by Gasteiger charge is -2.35. The zero-order chi connectivity index (χ0) is 12.1. The van der Waals surface area contributed by atoms with Crippen molar-refractivity contribution in [3.63, 3.8) is 0 Å². The molecule has 2 rings (SSSR count). The molecule has 2 nitrogen and oxygen atoms in total. The highest BCUT2D eigenvalue weighted by Crippen LogP contribution is 2.29. The van der Waals surface area contributed by atoms with Gasteiger partial charge in [-0.05, 0) is 38.5 Å². The summed E-state index contributed by atoms with van der Waals surface area (Å²) in [6.45, 7) is 3.12. The van der Waals surface area contributed by atoms with Crippen molar-refractivity contribution in [2.24, 2.45) is 5.92 Å². The van der Waals surface area contributed by atoms with Gasteiger partial charge >= 0.3 is 0 Å². The fourth-order valence-corrected chi connectivity index (χ4v) is 3.54. The van der Waals surface area contributed by atoms with E-state index in [0.717, 1.165) is 25.3 Å². The molecule has 0 aromatic rings. The van der Waals surface area contributed by atoms with Gasteiger partial charge in [0.25, 0.3) is 0 Å². The lowest BCUT2D eigenvalue weighted by Crippen LogP contribution is -2.47. The Morgan fingerprint density at radius 2 is 1.65 bits per heavy atom. The van der Waals surface area contributed by atoms with E-state index >= 15 is 0 Å². The first-order valence-electron chi connectivity index (χ1n) is 7.65. The smallest absolute Gasteiger partial charge is 0.0771 e. The van der Waals surface area contributed by atoms with Crippen molar-refractivity contribution in [3.8, 4) is 0 Å². The average Bonchev–Trinajstić information content (AvgIpc) is 2.38. The monoisotopic (exact) mass is 239 g/mol. The second-order valence-electron chi connectivity index (χ2n) is 6.35. The summed E-state index contributed by atoms with van der Waals surface area (Å²) in [5.41, 5.74) is -0.402. The number of aliphatic hydroxyl groups is 1. The van der Waals surface area contributed by atoms with Gasteiger partial charge in [-0.15, -0.1) is 0 Å². The first-order chi connectivity index (χ1) is 8.20. The van der Waals surface area contributed by atoms with Crippen molar-refractivity contribution in [1.29, 1.82) is 0 Å². The molecule has 0 saturated heterocycles. The molecule has 100 valence electrons. The SMILES string of the molecule is CC(NCC1(O)CCCCC1)C1CCCCC1. The zero-order valence-corrected chi connectivity index (χ0v) is 11.4. The van der Waals surface area contributed by atoms with Gasteiger partial charge < -0.3 is 10.4 Å². The van der Waals surface area contributed by atoms with Gasteiger partial charge in [-0.2, -0.15) is 0 Å². The molecule has 2 N–H and O–H groups in total. The normalized spacial score (nSPS) is 27.9. The molecule has 2 aliphatic carbocycles. The maximum absolute atomic E-state index is 10.5. The first kappa shape index (κ1) is 13.4. The molecule has 0 aromatic carbocycles. The van der Waals surface area contributed by atoms with Crippen LogP contribution >= 0.6 is 0 Å². The quantitative estimate of drug-likeness (QED) is 0.789. The maximum Gasteiger partial charge on any atom is 0.0771 e. The van der Waals surface area contributed by atoms with Crippen LogP contribution in [-0.4, -0.2) is 23.3 Å². The Morgan fingerprint density at radius 1 is 1.06 bits per heavy atom. The predicted molar refractivity (Wildman–Crippen MR) is 72.1 cm³/mol. The number of rotatable bonds is 4. The molecule has 1 atom stereocenters. The van der Waals surface area contributed by atoms with E-state index in [4.69, 9.17) is 0 Å². The van der Waals surface area contributed by atoms with Crippen molar-refractivity contribution in [2.45, 2.75) is 82.8 Å². The Balaban J connectivity index is 1.72. The molecule has 2 saturated carbocycles. The molecule has 2 fully saturated rings. The van der Waals surface area contributed by atoms with Crippen LogP contribution in [0.5, 0.6) is 0 Å². The van der Waals surface area contributed by atoms with E-state index in [1.807, 2.05) is 0 Å². The zero-order valence-electron chi connectivity index (χ0n) is 11.4. The van der Waals surface area contributed by atoms with Crippen molar-refractivity contribution in [1.82, 2.24) is 5.32 Å². The molecule has 0 amide bonds. The minimum absolute atomic E-state index is 0.402. The average molecular weight is 239 g/mol. The summed E-state index contributed by atoms with van der Waals surface area (Å²) >= 11 is 0. The number of hydrogen-bond acceptors (Lipinski definition) is 2. The summed E-state index contributed by atoms with van der Waals surface area (Å²) in [5.74, 6) is 0.843. The van der Waals surface area contributed by atoms with Crippen molar-refractivity contribution >= 4 is 0 Å². The van der Waals surface area contributed by atoms with Gasteiger partial charge in [-0.25, -0.2) is 0 Å². The van der Waals surface area contributed by atoms with Crippen LogP contribution in [0.15, 0.2) is 0 Å². The molecule has 17 heavy (non-hydrogen) atoms.